The Hall–Kier alpha value is -3.15. The van der Waals surface area contributed by atoms with Crippen molar-refractivity contribution in [2.45, 2.75) is 13.0 Å². The van der Waals surface area contributed by atoms with Crippen LogP contribution in [0.2, 0.25) is 5.02 Å². The van der Waals surface area contributed by atoms with Crippen LogP contribution in [0, 0.1) is 6.92 Å². The molecule has 154 valence electrons. The molecular weight excluding hydrogens is 398 g/mol. The maximum Gasteiger partial charge on any atom is 0.275 e. The van der Waals surface area contributed by atoms with Crippen LogP contribution in [-0.2, 0) is 9.59 Å². The van der Waals surface area contributed by atoms with Crippen molar-refractivity contribution in [3.8, 4) is 0 Å². The van der Waals surface area contributed by atoms with Gasteiger partial charge in [0.1, 0.15) is 6.04 Å². The van der Waals surface area contributed by atoms with E-state index in [-0.39, 0.29) is 30.9 Å². The number of anilines is 1. The second-order valence-corrected chi connectivity index (χ2v) is 7.38. The molecule has 3 rings (SSSR count). The van der Waals surface area contributed by atoms with E-state index in [4.69, 9.17) is 11.6 Å². The Balaban J connectivity index is 1.54. The number of carbonyl (C=O) groups excluding carboxylic acids is 2. The minimum Gasteiger partial charge on any atom is -0.342 e. The zero-order valence-corrected chi connectivity index (χ0v) is 17.5. The van der Waals surface area contributed by atoms with E-state index >= 15 is 0 Å². The number of nitrogens with one attached hydrogen (secondary N) is 2. The fourth-order valence-corrected chi connectivity index (χ4v) is 3.37. The van der Waals surface area contributed by atoms with Gasteiger partial charge in [-0.15, -0.1) is 0 Å². The van der Waals surface area contributed by atoms with Crippen LogP contribution in [0.5, 0.6) is 0 Å². The number of nitrogens with two attached hydrogens (primary N) is 1. The Bertz CT molecular complexity index is 954. The van der Waals surface area contributed by atoms with Gasteiger partial charge in [0.25, 0.3) is 5.91 Å². The molecule has 30 heavy (non-hydrogen) atoms. The highest BCUT2D eigenvalue weighted by atomic mass is 35.5. The first-order valence-electron chi connectivity index (χ1n) is 9.79. The van der Waals surface area contributed by atoms with E-state index in [1.807, 2.05) is 72.9 Å². The largest absolute Gasteiger partial charge is 0.342 e. The zero-order chi connectivity index (χ0) is 21.3. The van der Waals surface area contributed by atoms with Gasteiger partial charge in [0.2, 0.25) is 5.91 Å². The molecule has 0 atom stereocenters. The summed E-state index contributed by atoms with van der Waals surface area (Å²) in [4.78, 5) is 24.5. The van der Waals surface area contributed by atoms with Gasteiger partial charge in [0, 0.05) is 21.8 Å². The SMILES string of the molecule is Cc1c(Cl)cccc1NC(=O)CNC(=O)C[NH2+]C(c1ccccc1)c1ccccc1. The second-order valence-electron chi connectivity index (χ2n) is 6.98. The van der Waals surface area contributed by atoms with Crippen LogP contribution >= 0.6 is 11.6 Å². The highest BCUT2D eigenvalue weighted by Gasteiger charge is 2.19. The van der Waals surface area contributed by atoms with Gasteiger partial charge in [-0.2, -0.15) is 0 Å². The minimum atomic E-state index is -0.295. The van der Waals surface area contributed by atoms with Crippen LogP contribution < -0.4 is 16.0 Å². The van der Waals surface area contributed by atoms with Crippen molar-refractivity contribution in [3.63, 3.8) is 0 Å². The van der Waals surface area contributed by atoms with E-state index in [1.165, 1.54) is 0 Å². The molecule has 0 spiro atoms. The molecule has 0 unspecified atom stereocenters. The first-order valence-corrected chi connectivity index (χ1v) is 10.2. The number of amides is 2. The number of halogens is 1. The van der Waals surface area contributed by atoms with Crippen molar-refractivity contribution in [1.29, 1.82) is 0 Å². The van der Waals surface area contributed by atoms with Crippen molar-refractivity contribution < 1.29 is 14.9 Å². The van der Waals surface area contributed by atoms with Crippen LogP contribution in [0.4, 0.5) is 5.69 Å². The lowest BCUT2D eigenvalue weighted by Gasteiger charge is -2.16. The zero-order valence-electron chi connectivity index (χ0n) is 16.8. The third kappa shape index (κ3) is 5.92. The molecule has 3 aromatic rings. The molecule has 0 aliphatic rings. The summed E-state index contributed by atoms with van der Waals surface area (Å²) >= 11 is 6.07. The number of rotatable bonds is 8. The van der Waals surface area contributed by atoms with Crippen molar-refractivity contribution >= 4 is 29.1 Å². The lowest BCUT2D eigenvalue weighted by Crippen LogP contribution is -2.87. The molecule has 0 radical (unpaired) electrons. The van der Waals surface area contributed by atoms with Crippen LogP contribution in [0.1, 0.15) is 22.7 Å². The summed E-state index contributed by atoms with van der Waals surface area (Å²) < 4.78 is 0. The van der Waals surface area contributed by atoms with Crippen LogP contribution in [0.15, 0.2) is 78.9 Å². The van der Waals surface area contributed by atoms with E-state index in [9.17, 15) is 9.59 Å². The van der Waals surface area contributed by atoms with Gasteiger partial charge in [-0.1, -0.05) is 78.3 Å². The quantitative estimate of drug-likeness (QED) is 0.522. The Morgan fingerprint density at radius 2 is 1.47 bits per heavy atom. The molecule has 0 saturated carbocycles. The van der Waals surface area contributed by atoms with E-state index in [0.29, 0.717) is 10.7 Å². The third-order valence-electron chi connectivity index (χ3n) is 4.84. The average molecular weight is 423 g/mol. The maximum absolute atomic E-state index is 12.3. The van der Waals surface area contributed by atoms with Gasteiger partial charge in [-0.25, -0.2) is 0 Å². The first kappa shape index (κ1) is 21.6. The molecular formula is C24H25ClN3O2+. The Morgan fingerprint density at radius 1 is 0.867 bits per heavy atom. The van der Waals surface area contributed by atoms with Gasteiger partial charge in [-0.3, -0.25) is 9.59 Å². The molecule has 0 saturated heterocycles. The number of hydrogen-bond acceptors (Lipinski definition) is 2. The average Bonchev–Trinajstić information content (AvgIpc) is 2.77. The maximum atomic E-state index is 12.3. The molecule has 5 nitrogen and oxygen atoms in total. The fraction of sp³-hybridized carbons (Fsp3) is 0.167. The predicted molar refractivity (Wildman–Crippen MR) is 119 cm³/mol. The number of benzene rings is 3. The number of hydrogen-bond donors (Lipinski definition) is 3. The summed E-state index contributed by atoms with van der Waals surface area (Å²) in [6.07, 6.45) is 0. The Labute approximate surface area is 181 Å². The standard InChI is InChI=1S/C24H24ClN3O2/c1-17-20(25)13-8-14-21(17)28-23(30)16-26-22(29)15-27-24(18-9-4-2-5-10-18)19-11-6-3-7-12-19/h2-14,24,27H,15-16H2,1H3,(H,26,29)(H,28,30)/p+1. The van der Waals surface area contributed by atoms with E-state index < -0.39 is 0 Å². The highest BCUT2D eigenvalue weighted by molar-refractivity contribution is 6.31. The molecule has 0 bridgehead atoms. The molecule has 0 aliphatic carbocycles. The molecule has 4 N–H and O–H groups in total. The van der Waals surface area contributed by atoms with Crippen molar-refractivity contribution in [1.82, 2.24) is 5.32 Å². The van der Waals surface area contributed by atoms with E-state index in [2.05, 4.69) is 10.6 Å². The molecule has 0 aliphatic heterocycles. The summed E-state index contributed by atoms with van der Waals surface area (Å²) in [5.74, 6) is -0.499. The lowest BCUT2D eigenvalue weighted by atomic mass is 9.99. The van der Waals surface area contributed by atoms with Gasteiger partial charge in [0.15, 0.2) is 6.54 Å². The third-order valence-corrected chi connectivity index (χ3v) is 5.25. The molecule has 2 amide bonds. The minimum absolute atomic E-state index is 0.00101. The predicted octanol–water partition coefficient (Wildman–Crippen LogP) is 3.06. The topological polar surface area (TPSA) is 74.8 Å². The molecule has 0 aromatic heterocycles. The van der Waals surface area contributed by atoms with Crippen LogP contribution in [0.3, 0.4) is 0 Å². The molecule has 0 fully saturated rings. The van der Waals surface area contributed by atoms with Gasteiger partial charge < -0.3 is 16.0 Å². The number of carbonyl (C=O) groups is 2. The van der Waals surface area contributed by atoms with Gasteiger partial charge in [0.05, 0.1) is 6.54 Å². The molecule has 0 heterocycles. The van der Waals surface area contributed by atoms with Gasteiger partial charge >= 0.3 is 0 Å². The normalized spacial score (nSPS) is 10.6. The van der Waals surface area contributed by atoms with Crippen molar-refractivity contribution in [2.75, 3.05) is 18.4 Å². The number of quaternary nitrogens is 1. The summed E-state index contributed by atoms with van der Waals surface area (Å²) in [5.41, 5.74) is 3.67. The molecule has 3 aromatic carbocycles. The summed E-state index contributed by atoms with van der Waals surface area (Å²) in [6.45, 7) is 1.94. The Kier molecular flexibility index (Phi) is 7.60. The second kappa shape index (κ2) is 10.6. The lowest BCUT2D eigenvalue weighted by molar-refractivity contribution is -0.676. The Morgan fingerprint density at radius 3 is 2.07 bits per heavy atom. The van der Waals surface area contributed by atoms with E-state index in [0.717, 1.165) is 16.7 Å². The van der Waals surface area contributed by atoms with Crippen molar-refractivity contribution in [3.05, 3.63) is 101 Å². The van der Waals surface area contributed by atoms with E-state index in [1.54, 1.807) is 18.2 Å². The summed E-state index contributed by atoms with van der Waals surface area (Å²) in [7, 11) is 0. The smallest absolute Gasteiger partial charge is 0.275 e. The molecule has 6 heteroatoms. The van der Waals surface area contributed by atoms with Crippen molar-refractivity contribution in [2.24, 2.45) is 0 Å². The van der Waals surface area contributed by atoms with Gasteiger partial charge in [-0.05, 0) is 24.6 Å². The monoisotopic (exact) mass is 422 g/mol. The van der Waals surface area contributed by atoms with Crippen LogP contribution in [0.25, 0.3) is 0 Å². The summed E-state index contributed by atoms with van der Waals surface area (Å²) in [6, 6.07) is 25.4. The highest BCUT2D eigenvalue weighted by Crippen LogP contribution is 2.22. The fourth-order valence-electron chi connectivity index (χ4n) is 3.20. The first-order chi connectivity index (χ1) is 14.5. The summed E-state index contributed by atoms with van der Waals surface area (Å²) in [5, 5.41) is 8.01. The van der Waals surface area contributed by atoms with Crippen LogP contribution in [-0.4, -0.2) is 24.9 Å².